The number of aliphatic hydroxyl groups excluding tert-OH is 3. The maximum Gasteiger partial charge on any atom is 0.326 e. The van der Waals surface area contributed by atoms with Gasteiger partial charge >= 0.3 is 5.97 Å². The molecule has 0 radical (unpaired) electrons. The van der Waals surface area contributed by atoms with E-state index in [9.17, 15) is 59.1 Å². The molecular weight excluding hydrogens is 771 g/mol. The maximum absolute atomic E-state index is 14.0. The Morgan fingerprint density at radius 1 is 1.04 bits per heavy atom. The number of carboxylic acid groups (broad SMARTS) is 1. The molecule has 0 spiro atoms. The van der Waals surface area contributed by atoms with Crippen molar-refractivity contribution in [3.63, 3.8) is 0 Å². The molecule has 53 heavy (non-hydrogen) atoms. The minimum absolute atomic E-state index is 0.0586. The van der Waals surface area contributed by atoms with Crippen LogP contribution in [0.3, 0.4) is 0 Å². The molecule has 0 saturated heterocycles. The quantitative estimate of drug-likeness (QED) is 0.0462. The van der Waals surface area contributed by atoms with E-state index in [0.29, 0.717) is 5.54 Å². The number of alkyl halides is 2. The first-order valence-corrected chi connectivity index (χ1v) is 17.7. The summed E-state index contributed by atoms with van der Waals surface area (Å²) in [7, 11) is 0. The van der Waals surface area contributed by atoms with Crippen molar-refractivity contribution in [2.45, 2.75) is 106 Å². The monoisotopic (exact) mass is 814 g/mol. The lowest BCUT2D eigenvalue weighted by Crippen LogP contribution is -2.64. The number of ketones is 1. The second kappa shape index (κ2) is 20.9. The van der Waals surface area contributed by atoms with Crippen molar-refractivity contribution in [2.24, 2.45) is 17.6 Å². The van der Waals surface area contributed by atoms with Crippen LogP contribution in [0.5, 0.6) is 0 Å². The predicted octanol–water partition coefficient (Wildman–Crippen LogP) is -2.52. The van der Waals surface area contributed by atoms with Crippen LogP contribution in [0, 0.1) is 11.8 Å². The lowest BCUT2D eigenvalue weighted by Gasteiger charge is -2.35. The minimum atomic E-state index is -2.53. The van der Waals surface area contributed by atoms with E-state index in [1.807, 2.05) is 5.32 Å². The number of ether oxygens (including phenoxy) is 1. The molecule has 8 atom stereocenters. The number of aliphatic carboxylic acids is 1. The first-order chi connectivity index (χ1) is 24.7. The van der Waals surface area contributed by atoms with E-state index < -0.39 is 125 Å². The number of rotatable bonds is 15. The summed E-state index contributed by atoms with van der Waals surface area (Å²) in [6.45, 7) is 4.72. The minimum Gasteiger partial charge on any atom is -0.492 e. The summed E-state index contributed by atoms with van der Waals surface area (Å²) in [5.74, 6) is -10.1. The van der Waals surface area contributed by atoms with Crippen molar-refractivity contribution in [3.8, 4) is 0 Å². The van der Waals surface area contributed by atoms with Crippen molar-refractivity contribution in [3.05, 3.63) is 22.6 Å². The summed E-state index contributed by atoms with van der Waals surface area (Å²) in [5.41, 5.74) is 5.31. The molecule has 0 aromatic carbocycles. The molecule has 3 unspecified atom stereocenters. The number of hydrogen-bond donors (Lipinski definition) is 11. The van der Waals surface area contributed by atoms with E-state index in [4.69, 9.17) is 45.3 Å². The lowest BCUT2D eigenvalue weighted by molar-refractivity contribution is -0.150. The van der Waals surface area contributed by atoms with Crippen LogP contribution in [0.25, 0.3) is 0 Å². The second-order valence-electron chi connectivity index (χ2n) is 12.8. The summed E-state index contributed by atoms with van der Waals surface area (Å²) in [5, 5.41) is 61.1. The molecule has 0 bridgehead atoms. The van der Waals surface area contributed by atoms with Gasteiger partial charge in [0.15, 0.2) is 5.78 Å². The number of nitrogens with one attached hydrogen (secondary N) is 5. The van der Waals surface area contributed by atoms with Crippen LogP contribution in [0.15, 0.2) is 22.6 Å². The number of nitrogens with two attached hydrogens (primary N) is 1. The Morgan fingerprint density at radius 3 is 2.21 bits per heavy atom. The number of imide groups is 1. The number of carbonyl (C=O) groups is 7. The molecule has 5 amide bonds. The summed E-state index contributed by atoms with van der Waals surface area (Å²) < 4.78 is 6.15. The molecule has 1 heterocycles. The average molecular weight is 816 g/mol. The van der Waals surface area contributed by atoms with Crippen LogP contribution in [-0.2, 0) is 38.3 Å². The van der Waals surface area contributed by atoms with E-state index in [0.717, 1.165) is 0 Å². The molecule has 22 heteroatoms. The van der Waals surface area contributed by atoms with Crippen LogP contribution >= 0.6 is 34.8 Å². The topological polar surface area (TPSA) is 316 Å². The lowest BCUT2D eigenvalue weighted by atomic mass is 9.95. The van der Waals surface area contributed by atoms with E-state index in [1.165, 1.54) is 6.92 Å². The Labute approximate surface area is 319 Å². The van der Waals surface area contributed by atoms with Gasteiger partial charge in [-0.3, -0.25) is 39.4 Å². The zero-order valence-corrected chi connectivity index (χ0v) is 31.2. The van der Waals surface area contributed by atoms with Gasteiger partial charge in [0.1, 0.15) is 52.7 Å². The summed E-state index contributed by atoms with van der Waals surface area (Å²) in [6, 6.07) is -6.90. The number of hydrogen-bond acceptors (Lipinski definition) is 14. The summed E-state index contributed by atoms with van der Waals surface area (Å²) in [4.78, 5) is 90.3. The number of carbonyl (C=O) groups excluding carboxylic acids is 6. The fraction of sp³-hybridized carbons (Fsp3) is 0.645. The second-order valence-corrected chi connectivity index (χ2v) is 14.2. The van der Waals surface area contributed by atoms with Crippen molar-refractivity contribution >= 4 is 76.1 Å². The molecule has 2 rings (SSSR count). The van der Waals surface area contributed by atoms with Gasteiger partial charge in [0, 0.05) is 23.9 Å². The Hall–Kier alpha value is -3.40. The molecule has 0 aromatic rings. The Balaban J connectivity index is 2.66. The van der Waals surface area contributed by atoms with Crippen molar-refractivity contribution in [1.82, 2.24) is 26.6 Å². The Kier molecular flexibility index (Phi) is 18.0. The molecule has 0 fully saturated rings. The summed E-state index contributed by atoms with van der Waals surface area (Å²) in [6.07, 6.45) is -8.56. The first-order valence-electron chi connectivity index (χ1n) is 16.4. The highest BCUT2D eigenvalue weighted by atomic mass is 35.5. The first kappa shape index (κ1) is 45.8. The normalized spacial score (nSPS) is 24.3. The molecule has 1 aliphatic carbocycles. The van der Waals surface area contributed by atoms with Gasteiger partial charge in [-0.15, -0.1) is 23.2 Å². The highest BCUT2D eigenvalue weighted by Gasteiger charge is 2.44. The van der Waals surface area contributed by atoms with E-state index in [2.05, 4.69) is 21.3 Å². The number of Topliss-reactive ketones (excluding diaryl/α,β-unsaturated/α-hetero) is 1. The molecule has 298 valence electrons. The number of carboxylic acids is 1. The van der Waals surface area contributed by atoms with Gasteiger partial charge in [-0.1, -0.05) is 32.4 Å². The van der Waals surface area contributed by atoms with Gasteiger partial charge < -0.3 is 52.0 Å². The summed E-state index contributed by atoms with van der Waals surface area (Å²) >= 11 is 17.6. The molecule has 0 aromatic heterocycles. The van der Waals surface area contributed by atoms with Gasteiger partial charge in [-0.2, -0.15) is 0 Å². The Morgan fingerprint density at radius 2 is 1.68 bits per heavy atom. The fourth-order valence-corrected chi connectivity index (χ4v) is 5.77. The number of halogens is 3. The third-order valence-electron chi connectivity index (χ3n) is 8.37. The van der Waals surface area contributed by atoms with Gasteiger partial charge in [0.05, 0.1) is 6.10 Å². The zero-order valence-electron chi connectivity index (χ0n) is 28.9. The standard InChI is InChI=1S/C31H45Cl3N6O13/c1-11(2)23-21(28(47)38-16(10-32)26(45)37-15(30(49)50)8-13-19(53-23)9-18(42)22(13)43)39-20(17(41)5-4-6-35)27(46)40-25(44)14(7-12(3)24(33)34)36-29(48)31(51)52/h10-12,14-15,17-18,20-21,23-24,31,39,41-42,51-52H,4-9,35H2,1-3H3,(H,36,48)(H,37,45)(H,38,47)(H,49,50)(H,40,44,46)/t12?,14-,15-,17-,18?,20-,21?,23-/m0/s1. The van der Waals surface area contributed by atoms with Gasteiger partial charge in [0.2, 0.25) is 24.0 Å². The van der Waals surface area contributed by atoms with Gasteiger partial charge in [-0.25, -0.2) is 4.79 Å². The van der Waals surface area contributed by atoms with Crippen LogP contribution in [0.1, 0.15) is 52.9 Å². The molecule has 19 nitrogen and oxygen atoms in total. The third-order valence-corrected chi connectivity index (χ3v) is 9.45. The molecule has 2 aliphatic rings. The highest BCUT2D eigenvalue weighted by Crippen LogP contribution is 2.32. The third kappa shape index (κ3) is 12.9. The van der Waals surface area contributed by atoms with Gasteiger partial charge in [0.25, 0.3) is 11.8 Å². The SMILES string of the molecule is CC(C[C@H](NC(=O)C(O)O)C(=O)NC(=O)[C@@H](NC1C(=O)NC(=CCl)C(=O)N[C@H](C(=O)O)CC2=C(CC(O)C2=O)O[C@H]1C(C)C)[C@@H](O)CCCN)C(Cl)Cl. The molecular formula is C31H45Cl3N6O13. The van der Waals surface area contributed by atoms with E-state index in [1.54, 1.807) is 13.8 Å². The molecule has 12 N–H and O–H groups in total. The highest BCUT2D eigenvalue weighted by molar-refractivity contribution is 6.44. The number of aliphatic hydroxyl groups is 4. The molecule has 1 aliphatic heterocycles. The molecule has 0 saturated carbocycles. The van der Waals surface area contributed by atoms with Crippen LogP contribution in [0.4, 0.5) is 0 Å². The fourth-order valence-electron chi connectivity index (χ4n) is 5.41. The van der Waals surface area contributed by atoms with Crippen LogP contribution < -0.4 is 32.3 Å². The maximum atomic E-state index is 14.0. The van der Waals surface area contributed by atoms with E-state index in [-0.39, 0.29) is 37.1 Å². The smallest absolute Gasteiger partial charge is 0.326 e. The van der Waals surface area contributed by atoms with Crippen LogP contribution in [0.2, 0.25) is 0 Å². The Bertz CT molecular complexity index is 1460. The average Bonchev–Trinajstić information content (AvgIpc) is 3.34. The number of amides is 5. The largest absolute Gasteiger partial charge is 0.492 e. The van der Waals surface area contributed by atoms with Crippen molar-refractivity contribution in [1.29, 1.82) is 0 Å². The van der Waals surface area contributed by atoms with Crippen molar-refractivity contribution < 1.29 is 63.8 Å². The predicted molar refractivity (Wildman–Crippen MR) is 186 cm³/mol. The van der Waals surface area contributed by atoms with E-state index >= 15 is 0 Å². The zero-order chi connectivity index (χ0) is 40.3. The van der Waals surface area contributed by atoms with Crippen LogP contribution in [-0.4, -0.2) is 127 Å². The van der Waals surface area contributed by atoms with Gasteiger partial charge in [-0.05, 0) is 37.6 Å². The van der Waals surface area contributed by atoms with Crippen molar-refractivity contribution in [2.75, 3.05) is 6.54 Å².